The predicted molar refractivity (Wildman–Crippen MR) is 100 cm³/mol. The van der Waals surface area contributed by atoms with Gasteiger partial charge in [-0.1, -0.05) is 37.6 Å². The monoisotopic (exact) mass is 354 g/mol. The van der Waals surface area contributed by atoms with Crippen LogP contribution in [0.1, 0.15) is 44.6 Å². The van der Waals surface area contributed by atoms with Gasteiger partial charge in [-0.3, -0.25) is 19.3 Å². The maximum Gasteiger partial charge on any atom is 0.233 e. The molecule has 1 saturated heterocycles. The van der Waals surface area contributed by atoms with E-state index in [1.807, 2.05) is 36.4 Å². The highest BCUT2D eigenvalue weighted by Crippen LogP contribution is 2.35. The number of hydrogen-bond acceptors (Lipinski definition) is 3. The zero-order chi connectivity index (χ0) is 18.5. The summed E-state index contributed by atoms with van der Waals surface area (Å²) in [5.74, 6) is -0.896. The van der Waals surface area contributed by atoms with Gasteiger partial charge in [0, 0.05) is 18.7 Å². The molecule has 3 amide bonds. The molecular weight excluding hydrogens is 328 g/mol. The van der Waals surface area contributed by atoms with Crippen LogP contribution in [0.5, 0.6) is 0 Å². The number of allylic oxidation sites excluding steroid dienone is 2. The van der Waals surface area contributed by atoms with Crippen LogP contribution < -0.4 is 5.32 Å². The zero-order valence-electron chi connectivity index (χ0n) is 15.2. The molecule has 2 atom stereocenters. The number of anilines is 1. The van der Waals surface area contributed by atoms with Crippen molar-refractivity contribution in [1.82, 2.24) is 4.90 Å². The Balaban J connectivity index is 1.50. The Bertz CT molecular complexity index is 682. The molecule has 1 aromatic carbocycles. The SMILES string of the molecule is CCCCc1ccc(NC(=O)CCN2C(=O)[C@H]3CC=CC[C@H]3C2=O)cc1. The molecule has 1 fully saturated rings. The quantitative estimate of drug-likeness (QED) is 0.603. The average Bonchev–Trinajstić information content (AvgIpc) is 2.90. The Hall–Kier alpha value is -2.43. The van der Waals surface area contributed by atoms with Crippen LogP contribution in [0.2, 0.25) is 0 Å². The second-order valence-corrected chi connectivity index (χ2v) is 7.08. The van der Waals surface area contributed by atoms with Gasteiger partial charge in [0.2, 0.25) is 17.7 Å². The number of unbranched alkanes of at least 4 members (excludes halogenated alkanes) is 1. The molecule has 26 heavy (non-hydrogen) atoms. The Kier molecular flexibility index (Phi) is 5.86. The van der Waals surface area contributed by atoms with Crippen molar-refractivity contribution < 1.29 is 14.4 Å². The maximum absolute atomic E-state index is 12.4. The zero-order valence-corrected chi connectivity index (χ0v) is 15.2. The summed E-state index contributed by atoms with van der Waals surface area (Å²) in [5, 5.41) is 2.84. The van der Waals surface area contributed by atoms with E-state index in [1.54, 1.807) is 0 Å². The third-order valence-electron chi connectivity index (χ3n) is 5.22. The smallest absolute Gasteiger partial charge is 0.233 e. The molecule has 0 saturated carbocycles. The van der Waals surface area contributed by atoms with Gasteiger partial charge in [-0.15, -0.1) is 0 Å². The molecule has 1 aliphatic carbocycles. The molecule has 2 aliphatic rings. The van der Waals surface area contributed by atoms with E-state index in [0.29, 0.717) is 12.8 Å². The van der Waals surface area contributed by atoms with E-state index in [9.17, 15) is 14.4 Å². The van der Waals surface area contributed by atoms with Crippen molar-refractivity contribution in [2.75, 3.05) is 11.9 Å². The van der Waals surface area contributed by atoms with E-state index < -0.39 is 0 Å². The number of likely N-dealkylation sites (tertiary alicyclic amines) is 1. The third-order valence-corrected chi connectivity index (χ3v) is 5.22. The summed E-state index contributed by atoms with van der Waals surface area (Å²) >= 11 is 0. The van der Waals surface area contributed by atoms with Crippen molar-refractivity contribution in [3.63, 3.8) is 0 Å². The van der Waals surface area contributed by atoms with Crippen LogP contribution in [0.4, 0.5) is 5.69 Å². The molecule has 0 bridgehead atoms. The molecule has 5 nitrogen and oxygen atoms in total. The summed E-state index contributed by atoms with van der Waals surface area (Å²) in [6.45, 7) is 2.32. The topological polar surface area (TPSA) is 66.5 Å². The molecule has 0 unspecified atom stereocenters. The van der Waals surface area contributed by atoms with Crippen molar-refractivity contribution >= 4 is 23.4 Å². The minimum Gasteiger partial charge on any atom is -0.326 e. The lowest BCUT2D eigenvalue weighted by atomic mass is 9.85. The number of nitrogens with one attached hydrogen (secondary N) is 1. The van der Waals surface area contributed by atoms with E-state index in [0.717, 1.165) is 24.9 Å². The number of amides is 3. The Morgan fingerprint density at radius 1 is 1.08 bits per heavy atom. The van der Waals surface area contributed by atoms with Crippen LogP contribution in [0, 0.1) is 11.8 Å². The van der Waals surface area contributed by atoms with Crippen molar-refractivity contribution in [2.45, 2.75) is 45.4 Å². The number of nitrogens with zero attached hydrogens (tertiary/aromatic N) is 1. The summed E-state index contributed by atoms with van der Waals surface area (Å²) in [4.78, 5) is 38.2. The number of fused-ring (bicyclic) bond motifs is 1. The van der Waals surface area contributed by atoms with Gasteiger partial charge in [0.05, 0.1) is 11.8 Å². The Morgan fingerprint density at radius 2 is 1.69 bits per heavy atom. The van der Waals surface area contributed by atoms with Crippen molar-refractivity contribution in [3.8, 4) is 0 Å². The van der Waals surface area contributed by atoms with Crippen molar-refractivity contribution in [3.05, 3.63) is 42.0 Å². The summed E-state index contributed by atoms with van der Waals surface area (Å²) < 4.78 is 0. The van der Waals surface area contributed by atoms with Gasteiger partial charge in [-0.05, 0) is 43.4 Å². The number of imide groups is 1. The van der Waals surface area contributed by atoms with E-state index in [4.69, 9.17) is 0 Å². The van der Waals surface area contributed by atoms with Gasteiger partial charge in [0.15, 0.2) is 0 Å². The molecular formula is C21H26N2O3. The van der Waals surface area contributed by atoms with E-state index in [2.05, 4.69) is 12.2 Å². The van der Waals surface area contributed by atoms with Crippen molar-refractivity contribution in [1.29, 1.82) is 0 Å². The van der Waals surface area contributed by atoms with Gasteiger partial charge >= 0.3 is 0 Å². The van der Waals surface area contributed by atoms with Crippen LogP contribution in [0.25, 0.3) is 0 Å². The number of rotatable bonds is 7. The highest BCUT2D eigenvalue weighted by atomic mass is 16.2. The summed E-state index contributed by atoms with van der Waals surface area (Å²) in [6, 6.07) is 7.84. The fraction of sp³-hybridized carbons (Fsp3) is 0.476. The van der Waals surface area contributed by atoms with Gasteiger partial charge in [0.25, 0.3) is 0 Å². The van der Waals surface area contributed by atoms with Crippen molar-refractivity contribution in [2.24, 2.45) is 11.8 Å². The first kappa shape index (κ1) is 18.4. The van der Waals surface area contributed by atoms with E-state index in [-0.39, 0.29) is 42.5 Å². The average molecular weight is 354 g/mol. The molecule has 138 valence electrons. The number of carbonyl (C=O) groups is 3. The Labute approximate surface area is 154 Å². The maximum atomic E-state index is 12.4. The fourth-order valence-corrected chi connectivity index (χ4v) is 3.66. The lowest BCUT2D eigenvalue weighted by Gasteiger charge is -2.14. The molecule has 1 N–H and O–H groups in total. The lowest BCUT2D eigenvalue weighted by Crippen LogP contribution is -2.34. The molecule has 0 aromatic heterocycles. The molecule has 0 spiro atoms. The molecule has 5 heteroatoms. The largest absolute Gasteiger partial charge is 0.326 e. The summed E-state index contributed by atoms with van der Waals surface area (Å²) in [7, 11) is 0. The highest BCUT2D eigenvalue weighted by Gasteiger charge is 2.46. The molecule has 0 radical (unpaired) electrons. The van der Waals surface area contributed by atoms with Crippen LogP contribution in [0.3, 0.4) is 0 Å². The number of benzene rings is 1. The summed E-state index contributed by atoms with van der Waals surface area (Å²) in [5.41, 5.74) is 2.00. The van der Waals surface area contributed by atoms with Crippen LogP contribution in [0.15, 0.2) is 36.4 Å². The van der Waals surface area contributed by atoms with Crippen LogP contribution in [-0.2, 0) is 20.8 Å². The van der Waals surface area contributed by atoms with E-state index >= 15 is 0 Å². The second kappa shape index (κ2) is 8.30. The van der Waals surface area contributed by atoms with E-state index in [1.165, 1.54) is 10.5 Å². The normalized spacial score (nSPS) is 21.8. The first-order valence-electron chi connectivity index (χ1n) is 9.49. The summed E-state index contributed by atoms with van der Waals surface area (Å²) in [6.07, 6.45) is 8.67. The van der Waals surface area contributed by atoms with Crippen LogP contribution >= 0.6 is 0 Å². The minimum atomic E-state index is -0.230. The number of hydrogen-bond donors (Lipinski definition) is 1. The first-order chi connectivity index (χ1) is 12.6. The molecule has 3 rings (SSSR count). The first-order valence-corrected chi connectivity index (χ1v) is 9.49. The number of aryl methyl sites for hydroxylation is 1. The predicted octanol–water partition coefficient (Wildman–Crippen LogP) is 3.31. The standard InChI is InChI=1S/C21H26N2O3/c1-2-3-6-15-9-11-16(12-10-15)22-19(24)13-14-23-20(25)17-7-4-5-8-18(17)21(23)26/h4-5,9-12,17-18H,2-3,6-8,13-14H2,1H3,(H,22,24)/t17-,18+. The molecule has 1 aromatic rings. The lowest BCUT2D eigenvalue weighted by molar-refractivity contribution is -0.140. The third kappa shape index (κ3) is 4.03. The minimum absolute atomic E-state index is 0.127. The van der Waals surface area contributed by atoms with Gasteiger partial charge in [-0.25, -0.2) is 0 Å². The second-order valence-electron chi connectivity index (χ2n) is 7.08. The Morgan fingerprint density at radius 3 is 2.27 bits per heavy atom. The fourth-order valence-electron chi connectivity index (χ4n) is 3.66. The van der Waals surface area contributed by atoms with Gasteiger partial charge in [-0.2, -0.15) is 0 Å². The molecule has 1 aliphatic heterocycles. The highest BCUT2D eigenvalue weighted by molar-refractivity contribution is 6.05. The molecule has 1 heterocycles. The number of carbonyl (C=O) groups excluding carboxylic acids is 3. The van der Waals surface area contributed by atoms with Gasteiger partial charge < -0.3 is 5.32 Å². The van der Waals surface area contributed by atoms with Gasteiger partial charge in [0.1, 0.15) is 0 Å². The van der Waals surface area contributed by atoms with Crippen LogP contribution in [-0.4, -0.2) is 29.2 Å².